The molecule has 0 saturated carbocycles. The van der Waals surface area contributed by atoms with Crippen LogP contribution < -0.4 is 5.73 Å². The van der Waals surface area contributed by atoms with Gasteiger partial charge in [-0.3, -0.25) is 4.68 Å². The zero-order chi connectivity index (χ0) is 9.26. The van der Waals surface area contributed by atoms with E-state index in [1.807, 2.05) is 24.1 Å². The summed E-state index contributed by atoms with van der Waals surface area (Å²) in [5.41, 5.74) is 6.86. The fraction of sp³-hybridized carbons (Fsp3) is 0.667. The minimum Gasteiger partial charge on any atom is -0.376 e. The van der Waals surface area contributed by atoms with Gasteiger partial charge >= 0.3 is 0 Å². The number of hydrogen-bond acceptors (Lipinski definition) is 3. The topological polar surface area (TPSA) is 53.1 Å². The first-order valence-corrected chi connectivity index (χ1v) is 4.61. The van der Waals surface area contributed by atoms with E-state index in [2.05, 4.69) is 5.10 Å². The lowest BCUT2D eigenvalue weighted by molar-refractivity contribution is 0.110. The molecule has 1 aliphatic rings. The number of rotatable bonds is 2. The third kappa shape index (κ3) is 1.59. The lowest BCUT2D eigenvalue weighted by Crippen LogP contribution is -2.24. The van der Waals surface area contributed by atoms with Gasteiger partial charge < -0.3 is 10.5 Å². The molecule has 4 heteroatoms. The summed E-state index contributed by atoms with van der Waals surface area (Å²) < 4.78 is 7.34. The summed E-state index contributed by atoms with van der Waals surface area (Å²) in [6.07, 6.45) is 5.20. The average molecular weight is 181 g/mol. The van der Waals surface area contributed by atoms with Crippen LogP contribution in [-0.2, 0) is 11.8 Å². The van der Waals surface area contributed by atoms with Gasteiger partial charge in [0.05, 0.1) is 12.3 Å². The van der Waals surface area contributed by atoms with E-state index >= 15 is 0 Å². The molecular weight excluding hydrogens is 166 g/mol. The highest BCUT2D eigenvalue weighted by Crippen LogP contribution is 2.30. The second kappa shape index (κ2) is 3.47. The number of aromatic nitrogens is 2. The molecule has 0 bridgehead atoms. The number of nitrogens with two attached hydrogens (primary N) is 1. The van der Waals surface area contributed by atoms with E-state index in [1.54, 1.807) is 0 Å². The van der Waals surface area contributed by atoms with Crippen molar-refractivity contribution in [2.24, 2.45) is 12.8 Å². The highest BCUT2D eigenvalue weighted by Gasteiger charge is 2.29. The van der Waals surface area contributed by atoms with Gasteiger partial charge in [0.25, 0.3) is 0 Å². The number of ether oxygens (including phenoxy) is 1. The van der Waals surface area contributed by atoms with E-state index in [4.69, 9.17) is 10.5 Å². The Balaban J connectivity index is 2.15. The van der Waals surface area contributed by atoms with Crippen LogP contribution in [0.1, 0.15) is 17.9 Å². The Kier molecular flexibility index (Phi) is 2.33. The Bertz CT molecular complexity index is 284. The fourth-order valence-electron chi connectivity index (χ4n) is 1.89. The molecule has 0 aromatic carbocycles. The summed E-state index contributed by atoms with van der Waals surface area (Å²) in [4.78, 5) is 0. The van der Waals surface area contributed by atoms with E-state index < -0.39 is 0 Å². The standard InChI is InChI=1S/C9H15N3O/c1-12-6-7(5-11-12)8-2-3-13-9(8)4-10/h5-6,8-9H,2-4,10H2,1H3/t8-,9+/m0/s1. The van der Waals surface area contributed by atoms with Gasteiger partial charge in [-0.05, 0) is 12.0 Å². The van der Waals surface area contributed by atoms with Gasteiger partial charge in [-0.1, -0.05) is 0 Å². The predicted molar refractivity (Wildman–Crippen MR) is 49.4 cm³/mol. The Morgan fingerprint density at radius 2 is 2.62 bits per heavy atom. The third-order valence-electron chi connectivity index (χ3n) is 2.59. The number of hydrogen-bond donors (Lipinski definition) is 1. The molecule has 1 saturated heterocycles. The Hall–Kier alpha value is -0.870. The van der Waals surface area contributed by atoms with Gasteiger partial charge in [-0.15, -0.1) is 0 Å². The summed E-state index contributed by atoms with van der Waals surface area (Å²) in [5, 5.41) is 4.15. The van der Waals surface area contributed by atoms with Crippen molar-refractivity contribution in [3.63, 3.8) is 0 Å². The van der Waals surface area contributed by atoms with Crippen LogP contribution in [0.15, 0.2) is 12.4 Å². The van der Waals surface area contributed by atoms with E-state index in [0.29, 0.717) is 12.5 Å². The predicted octanol–water partition coefficient (Wildman–Crippen LogP) is 0.251. The first kappa shape index (κ1) is 8.72. The Labute approximate surface area is 77.7 Å². The lowest BCUT2D eigenvalue weighted by atomic mass is 9.95. The van der Waals surface area contributed by atoms with Crippen LogP contribution in [0.4, 0.5) is 0 Å². The molecule has 1 fully saturated rings. The maximum absolute atomic E-state index is 5.62. The Morgan fingerprint density at radius 1 is 1.77 bits per heavy atom. The highest BCUT2D eigenvalue weighted by atomic mass is 16.5. The van der Waals surface area contributed by atoms with Crippen molar-refractivity contribution in [1.29, 1.82) is 0 Å². The minimum atomic E-state index is 0.184. The first-order chi connectivity index (χ1) is 6.31. The SMILES string of the molecule is Cn1cc([C@@H]2CCO[C@@H]2CN)cn1. The zero-order valence-corrected chi connectivity index (χ0v) is 7.81. The molecule has 2 rings (SSSR count). The van der Waals surface area contributed by atoms with Gasteiger partial charge in [0.2, 0.25) is 0 Å². The van der Waals surface area contributed by atoms with Crippen molar-refractivity contribution in [3.05, 3.63) is 18.0 Å². The van der Waals surface area contributed by atoms with E-state index in [1.165, 1.54) is 5.56 Å². The molecule has 2 atom stereocenters. The minimum absolute atomic E-state index is 0.184. The van der Waals surface area contributed by atoms with Crippen molar-refractivity contribution in [2.45, 2.75) is 18.4 Å². The van der Waals surface area contributed by atoms with Crippen LogP contribution in [0.25, 0.3) is 0 Å². The van der Waals surface area contributed by atoms with Gasteiger partial charge in [-0.2, -0.15) is 5.10 Å². The van der Waals surface area contributed by atoms with Crippen molar-refractivity contribution < 1.29 is 4.74 Å². The van der Waals surface area contributed by atoms with Crippen molar-refractivity contribution in [2.75, 3.05) is 13.2 Å². The molecule has 13 heavy (non-hydrogen) atoms. The first-order valence-electron chi connectivity index (χ1n) is 4.61. The van der Waals surface area contributed by atoms with E-state index in [0.717, 1.165) is 13.0 Å². The smallest absolute Gasteiger partial charge is 0.0767 e. The molecule has 1 aliphatic heterocycles. The van der Waals surface area contributed by atoms with Crippen LogP contribution in [0, 0.1) is 0 Å². The molecule has 0 radical (unpaired) electrons. The van der Waals surface area contributed by atoms with Crippen molar-refractivity contribution >= 4 is 0 Å². The summed E-state index contributed by atoms with van der Waals surface area (Å²) in [6, 6.07) is 0. The molecule has 4 nitrogen and oxygen atoms in total. The summed E-state index contributed by atoms with van der Waals surface area (Å²) >= 11 is 0. The number of aryl methyl sites for hydroxylation is 1. The molecule has 0 amide bonds. The van der Waals surface area contributed by atoms with E-state index in [-0.39, 0.29) is 6.10 Å². The quantitative estimate of drug-likeness (QED) is 0.711. The summed E-state index contributed by atoms with van der Waals surface area (Å²) in [6.45, 7) is 1.42. The fourth-order valence-corrected chi connectivity index (χ4v) is 1.89. The van der Waals surface area contributed by atoms with Crippen LogP contribution in [-0.4, -0.2) is 29.0 Å². The normalized spacial score (nSPS) is 28.2. The van der Waals surface area contributed by atoms with Gasteiger partial charge in [0, 0.05) is 32.3 Å². The molecular formula is C9H15N3O. The summed E-state index contributed by atoms with van der Waals surface area (Å²) in [7, 11) is 1.93. The van der Waals surface area contributed by atoms with Crippen LogP contribution in [0.3, 0.4) is 0 Å². The van der Waals surface area contributed by atoms with E-state index in [9.17, 15) is 0 Å². The van der Waals surface area contributed by atoms with Crippen LogP contribution >= 0.6 is 0 Å². The van der Waals surface area contributed by atoms with Gasteiger partial charge in [-0.25, -0.2) is 0 Å². The molecule has 72 valence electrons. The molecule has 1 aromatic rings. The Morgan fingerprint density at radius 3 is 3.23 bits per heavy atom. The highest BCUT2D eigenvalue weighted by molar-refractivity contribution is 5.14. The second-order valence-corrected chi connectivity index (χ2v) is 3.49. The lowest BCUT2D eigenvalue weighted by Gasteiger charge is -2.14. The molecule has 0 aliphatic carbocycles. The van der Waals surface area contributed by atoms with Crippen LogP contribution in [0.5, 0.6) is 0 Å². The average Bonchev–Trinajstić information content (AvgIpc) is 2.71. The second-order valence-electron chi connectivity index (χ2n) is 3.49. The third-order valence-corrected chi connectivity index (χ3v) is 2.59. The van der Waals surface area contributed by atoms with Crippen molar-refractivity contribution in [1.82, 2.24) is 9.78 Å². The maximum Gasteiger partial charge on any atom is 0.0767 e. The number of nitrogens with zero attached hydrogens (tertiary/aromatic N) is 2. The van der Waals surface area contributed by atoms with Gasteiger partial charge in [0.15, 0.2) is 0 Å². The summed E-state index contributed by atoms with van der Waals surface area (Å²) in [5.74, 6) is 0.443. The molecule has 2 heterocycles. The van der Waals surface area contributed by atoms with Gasteiger partial charge in [0.1, 0.15) is 0 Å². The van der Waals surface area contributed by atoms with Crippen LogP contribution in [0.2, 0.25) is 0 Å². The maximum atomic E-state index is 5.62. The zero-order valence-electron chi connectivity index (χ0n) is 7.81. The molecule has 0 spiro atoms. The largest absolute Gasteiger partial charge is 0.376 e. The molecule has 0 unspecified atom stereocenters. The monoisotopic (exact) mass is 181 g/mol. The van der Waals surface area contributed by atoms with Crippen molar-refractivity contribution in [3.8, 4) is 0 Å². The molecule has 2 N–H and O–H groups in total. The molecule has 1 aromatic heterocycles.